The number of H-pyrrole nitrogens is 1. The number of carbonyl (C=O) groups excluding carboxylic acids is 1. The monoisotopic (exact) mass is 324 g/mol. The molecule has 3 rings (SSSR count). The molecule has 24 heavy (non-hydrogen) atoms. The number of ether oxygens (including phenoxy) is 1. The molecule has 6 nitrogen and oxygen atoms in total. The number of hydrogen-bond donors (Lipinski definition) is 2. The maximum Gasteiger partial charge on any atom is 0.338 e. The minimum absolute atomic E-state index is 0.0893. The molecule has 0 spiro atoms. The highest BCUT2D eigenvalue weighted by Gasteiger charge is 2.16. The number of hydrogen-bond acceptors (Lipinski definition) is 5. The third-order valence-electron chi connectivity index (χ3n) is 3.67. The molecule has 2 N–H and O–H groups in total. The summed E-state index contributed by atoms with van der Waals surface area (Å²) >= 11 is 0. The van der Waals surface area contributed by atoms with Gasteiger partial charge in [-0.25, -0.2) is 9.78 Å². The predicted molar refractivity (Wildman–Crippen MR) is 88.6 cm³/mol. The van der Waals surface area contributed by atoms with Gasteiger partial charge in [0.05, 0.1) is 23.1 Å². The number of fused-ring (bicyclic) bond motifs is 1. The van der Waals surface area contributed by atoms with Gasteiger partial charge in [0.15, 0.2) is 11.9 Å². The van der Waals surface area contributed by atoms with Crippen LogP contribution in [0, 0.1) is 0 Å². The Morgan fingerprint density at radius 3 is 2.62 bits per heavy atom. The normalized spacial score (nSPS) is 12.1. The standard InChI is InChI=1S/C18H16N2O4/c1-11(24-18(23)13-8-6-12(10-21)7-9-13)16-19-15-5-3-2-4-14(15)17(22)20-16/h2-9,11,21H,10H2,1H3,(H,19,20,22)/t11-/m1/s1. The van der Waals surface area contributed by atoms with E-state index in [1.54, 1.807) is 55.5 Å². The number of aliphatic hydroxyl groups excluding tert-OH is 1. The molecule has 0 radical (unpaired) electrons. The Balaban J connectivity index is 1.82. The van der Waals surface area contributed by atoms with Crippen molar-refractivity contribution < 1.29 is 14.6 Å². The van der Waals surface area contributed by atoms with E-state index < -0.39 is 12.1 Å². The second kappa shape index (κ2) is 6.64. The zero-order valence-electron chi connectivity index (χ0n) is 13.0. The Kier molecular flexibility index (Phi) is 4.39. The largest absolute Gasteiger partial charge is 0.451 e. The van der Waals surface area contributed by atoms with E-state index in [9.17, 15) is 9.59 Å². The number of para-hydroxylation sites is 1. The van der Waals surface area contributed by atoms with Gasteiger partial charge in [0, 0.05) is 0 Å². The van der Waals surface area contributed by atoms with Crippen LogP contribution in [-0.4, -0.2) is 21.0 Å². The molecule has 1 atom stereocenters. The van der Waals surface area contributed by atoms with E-state index >= 15 is 0 Å². The Labute approximate surface area is 137 Å². The molecular weight excluding hydrogens is 308 g/mol. The van der Waals surface area contributed by atoms with E-state index in [2.05, 4.69) is 9.97 Å². The van der Waals surface area contributed by atoms with Crippen molar-refractivity contribution in [2.24, 2.45) is 0 Å². The first-order valence-electron chi connectivity index (χ1n) is 7.48. The molecule has 0 bridgehead atoms. The fourth-order valence-electron chi connectivity index (χ4n) is 2.33. The van der Waals surface area contributed by atoms with Crippen LogP contribution in [0.5, 0.6) is 0 Å². The molecule has 2 aromatic carbocycles. The quantitative estimate of drug-likeness (QED) is 0.719. The van der Waals surface area contributed by atoms with Crippen molar-refractivity contribution in [3.05, 3.63) is 75.8 Å². The highest BCUT2D eigenvalue weighted by molar-refractivity contribution is 5.89. The molecule has 0 saturated heterocycles. The molecule has 6 heteroatoms. The van der Waals surface area contributed by atoms with E-state index in [-0.39, 0.29) is 12.2 Å². The van der Waals surface area contributed by atoms with Gasteiger partial charge in [-0.15, -0.1) is 0 Å². The van der Waals surface area contributed by atoms with Crippen molar-refractivity contribution >= 4 is 16.9 Å². The fourth-order valence-corrected chi connectivity index (χ4v) is 2.33. The van der Waals surface area contributed by atoms with Crippen LogP contribution in [0.1, 0.15) is 34.8 Å². The van der Waals surface area contributed by atoms with Crippen LogP contribution < -0.4 is 5.56 Å². The molecule has 0 amide bonds. The lowest BCUT2D eigenvalue weighted by atomic mass is 10.1. The summed E-state index contributed by atoms with van der Waals surface area (Å²) in [5.41, 5.74) is 1.35. The summed E-state index contributed by atoms with van der Waals surface area (Å²) in [5, 5.41) is 9.50. The summed E-state index contributed by atoms with van der Waals surface area (Å²) in [6.07, 6.45) is -0.702. The summed E-state index contributed by atoms with van der Waals surface area (Å²) in [5.74, 6) is -0.234. The number of aromatic nitrogens is 2. The Morgan fingerprint density at radius 1 is 1.21 bits per heavy atom. The summed E-state index contributed by atoms with van der Waals surface area (Å²) in [7, 11) is 0. The summed E-state index contributed by atoms with van der Waals surface area (Å²) in [4.78, 5) is 31.2. The number of rotatable bonds is 4. The lowest BCUT2D eigenvalue weighted by Crippen LogP contribution is -2.17. The van der Waals surface area contributed by atoms with Crippen molar-refractivity contribution in [1.82, 2.24) is 9.97 Å². The second-order valence-corrected chi connectivity index (χ2v) is 5.37. The van der Waals surface area contributed by atoms with Gasteiger partial charge in [-0.2, -0.15) is 0 Å². The third kappa shape index (κ3) is 3.18. The van der Waals surface area contributed by atoms with Crippen LogP contribution in [0.15, 0.2) is 53.3 Å². The molecule has 1 aromatic heterocycles. The smallest absolute Gasteiger partial charge is 0.338 e. The van der Waals surface area contributed by atoms with Crippen molar-refractivity contribution in [2.75, 3.05) is 0 Å². The zero-order valence-corrected chi connectivity index (χ0v) is 13.0. The zero-order chi connectivity index (χ0) is 17.1. The van der Waals surface area contributed by atoms with E-state index in [1.165, 1.54) is 0 Å². The first-order chi connectivity index (χ1) is 11.6. The molecule has 122 valence electrons. The second-order valence-electron chi connectivity index (χ2n) is 5.37. The minimum Gasteiger partial charge on any atom is -0.451 e. The van der Waals surface area contributed by atoms with Gasteiger partial charge < -0.3 is 14.8 Å². The van der Waals surface area contributed by atoms with Crippen LogP contribution in [0.3, 0.4) is 0 Å². The van der Waals surface area contributed by atoms with Crippen molar-refractivity contribution in [3.8, 4) is 0 Å². The van der Waals surface area contributed by atoms with Crippen LogP contribution in [0.4, 0.5) is 0 Å². The lowest BCUT2D eigenvalue weighted by molar-refractivity contribution is 0.0320. The van der Waals surface area contributed by atoms with Crippen LogP contribution in [0.2, 0.25) is 0 Å². The Morgan fingerprint density at radius 2 is 1.92 bits per heavy atom. The van der Waals surface area contributed by atoms with Crippen molar-refractivity contribution in [3.63, 3.8) is 0 Å². The number of benzene rings is 2. The third-order valence-corrected chi connectivity index (χ3v) is 3.67. The highest BCUT2D eigenvalue weighted by Crippen LogP contribution is 2.16. The highest BCUT2D eigenvalue weighted by atomic mass is 16.5. The molecule has 0 aliphatic rings. The minimum atomic E-state index is -0.702. The predicted octanol–water partition coefficient (Wildman–Crippen LogP) is 2.33. The number of aromatic amines is 1. The van der Waals surface area contributed by atoms with Crippen molar-refractivity contribution in [1.29, 1.82) is 0 Å². The molecular formula is C18H16N2O4. The molecule has 3 aromatic rings. The first kappa shape index (κ1) is 15.9. The molecule has 0 fully saturated rings. The van der Waals surface area contributed by atoms with Crippen LogP contribution in [0.25, 0.3) is 10.9 Å². The van der Waals surface area contributed by atoms with E-state index in [4.69, 9.17) is 9.84 Å². The molecule has 1 heterocycles. The average molecular weight is 324 g/mol. The van der Waals surface area contributed by atoms with Crippen molar-refractivity contribution in [2.45, 2.75) is 19.6 Å². The van der Waals surface area contributed by atoms with Gasteiger partial charge in [0.2, 0.25) is 0 Å². The van der Waals surface area contributed by atoms with Gasteiger partial charge in [-0.1, -0.05) is 24.3 Å². The lowest BCUT2D eigenvalue weighted by Gasteiger charge is -2.13. The number of carbonyl (C=O) groups is 1. The summed E-state index contributed by atoms with van der Waals surface area (Å²) in [6.45, 7) is 1.56. The number of nitrogens with zero attached hydrogens (tertiary/aromatic N) is 1. The number of aliphatic hydroxyl groups is 1. The Bertz CT molecular complexity index is 932. The summed E-state index contributed by atoms with van der Waals surface area (Å²) < 4.78 is 5.37. The van der Waals surface area contributed by atoms with E-state index in [0.717, 1.165) is 0 Å². The first-order valence-corrected chi connectivity index (χ1v) is 7.48. The number of esters is 1. The average Bonchev–Trinajstić information content (AvgIpc) is 2.61. The SMILES string of the molecule is C[C@@H](OC(=O)c1ccc(CO)cc1)c1nc2ccccc2c(=O)[nH]1. The number of nitrogens with one attached hydrogen (secondary N) is 1. The van der Waals surface area contributed by atoms with Crippen LogP contribution >= 0.6 is 0 Å². The molecule has 0 saturated carbocycles. The van der Waals surface area contributed by atoms with Crippen LogP contribution in [-0.2, 0) is 11.3 Å². The topological polar surface area (TPSA) is 92.3 Å². The van der Waals surface area contributed by atoms with Gasteiger partial charge in [0.25, 0.3) is 5.56 Å². The van der Waals surface area contributed by atoms with E-state index in [1.807, 2.05) is 0 Å². The maximum absolute atomic E-state index is 12.2. The van der Waals surface area contributed by atoms with Gasteiger partial charge in [-0.3, -0.25) is 4.79 Å². The fraction of sp³-hybridized carbons (Fsp3) is 0.167. The van der Waals surface area contributed by atoms with E-state index in [0.29, 0.717) is 27.9 Å². The summed E-state index contributed by atoms with van der Waals surface area (Å²) in [6, 6.07) is 13.4. The van der Waals surface area contributed by atoms with Gasteiger partial charge in [0.1, 0.15) is 0 Å². The Hall–Kier alpha value is -2.99. The maximum atomic E-state index is 12.2. The molecule has 0 unspecified atom stereocenters. The molecule has 0 aliphatic heterocycles. The molecule has 0 aliphatic carbocycles. The van der Waals surface area contributed by atoms with Gasteiger partial charge >= 0.3 is 5.97 Å². The van der Waals surface area contributed by atoms with Gasteiger partial charge in [-0.05, 0) is 36.8 Å².